The van der Waals surface area contributed by atoms with Gasteiger partial charge in [0, 0.05) is 17.9 Å². The van der Waals surface area contributed by atoms with Crippen LogP contribution in [-0.4, -0.2) is 24.9 Å². The van der Waals surface area contributed by atoms with Crippen molar-refractivity contribution in [1.82, 2.24) is 0 Å². The number of carbonyl (C=O) groups is 2. The first-order valence-electron chi connectivity index (χ1n) is 7.11. The number of nitrogens with zero attached hydrogens (tertiary/aromatic N) is 1. The summed E-state index contributed by atoms with van der Waals surface area (Å²) in [5, 5.41) is 2.99. The van der Waals surface area contributed by atoms with Crippen LogP contribution in [0.5, 0.6) is 0 Å². The Balaban J connectivity index is 2.08. The largest absolute Gasteiger partial charge is 0.375 e. The standard InChI is InChI=1S/C17H19N3O2/c1-2-20(13-8-4-3-5-9-13)16(21)12-19-15-11-7-6-10-14(15)17(18)22/h3-11,19H,2,12H2,1H3,(H2,18,22). The highest BCUT2D eigenvalue weighted by Gasteiger charge is 2.14. The van der Waals surface area contributed by atoms with E-state index in [0.717, 1.165) is 5.69 Å². The number of amides is 2. The van der Waals surface area contributed by atoms with E-state index in [2.05, 4.69) is 5.32 Å². The number of para-hydroxylation sites is 2. The first-order chi connectivity index (χ1) is 10.6. The molecule has 2 aromatic rings. The topological polar surface area (TPSA) is 75.4 Å². The lowest BCUT2D eigenvalue weighted by molar-refractivity contribution is -0.116. The Hall–Kier alpha value is -2.82. The van der Waals surface area contributed by atoms with Gasteiger partial charge in [-0.05, 0) is 31.2 Å². The van der Waals surface area contributed by atoms with Gasteiger partial charge >= 0.3 is 0 Å². The monoisotopic (exact) mass is 297 g/mol. The Morgan fingerprint density at radius 1 is 1.05 bits per heavy atom. The molecule has 2 rings (SSSR count). The number of benzene rings is 2. The van der Waals surface area contributed by atoms with Crippen LogP contribution in [0.15, 0.2) is 54.6 Å². The van der Waals surface area contributed by atoms with Crippen molar-refractivity contribution in [3.63, 3.8) is 0 Å². The molecule has 0 heterocycles. The Bertz CT molecular complexity index is 656. The molecule has 0 saturated carbocycles. The zero-order chi connectivity index (χ0) is 15.9. The van der Waals surface area contributed by atoms with E-state index in [0.29, 0.717) is 17.8 Å². The van der Waals surface area contributed by atoms with Crippen LogP contribution in [0.2, 0.25) is 0 Å². The third kappa shape index (κ3) is 3.63. The lowest BCUT2D eigenvalue weighted by Gasteiger charge is -2.21. The summed E-state index contributed by atoms with van der Waals surface area (Å²) in [4.78, 5) is 25.4. The van der Waals surface area contributed by atoms with E-state index >= 15 is 0 Å². The number of rotatable bonds is 6. The van der Waals surface area contributed by atoms with Crippen LogP contribution in [0, 0.1) is 0 Å². The first-order valence-corrected chi connectivity index (χ1v) is 7.11. The van der Waals surface area contributed by atoms with Crippen molar-refractivity contribution in [3.8, 4) is 0 Å². The van der Waals surface area contributed by atoms with Crippen LogP contribution < -0.4 is 16.0 Å². The Kier molecular flexibility index (Phi) is 5.14. The minimum atomic E-state index is -0.522. The highest BCUT2D eigenvalue weighted by atomic mass is 16.2. The van der Waals surface area contributed by atoms with Gasteiger partial charge in [0.05, 0.1) is 12.1 Å². The zero-order valence-electron chi connectivity index (χ0n) is 12.5. The second-order valence-electron chi connectivity index (χ2n) is 4.74. The lowest BCUT2D eigenvalue weighted by Crippen LogP contribution is -2.35. The minimum absolute atomic E-state index is 0.0760. The molecule has 0 aromatic heterocycles. The van der Waals surface area contributed by atoms with Crippen LogP contribution in [-0.2, 0) is 4.79 Å². The fraction of sp³-hybridized carbons (Fsp3) is 0.176. The number of nitrogens with one attached hydrogen (secondary N) is 1. The second kappa shape index (κ2) is 7.26. The molecule has 0 saturated heterocycles. The van der Waals surface area contributed by atoms with Crippen molar-refractivity contribution >= 4 is 23.2 Å². The van der Waals surface area contributed by atoms with Crippen LogP contribution in [0.25, 0.3) is 0 Å². The van der Waals surface area contributed by atoms with Crippen LogP contribution >= 0.6 is 0 Å². The summed E-state index contributed by atoms with van der Waals surface area (Å²) in [6.07, 6.45) is 0. The van der Waals surface area contributed by atoms with Gasteiger partial charge in [0.2, 0.25) is 5.91 Å². The molecule has 0 radical (unpaired) electrons. The van der Waals surface area contributed by atoms with E-state index < -0.39 is 5.91 Å². The van der Waals surface area contributed by atoms with Gasteiger partial charge < -0.3 is 16.0 Å². The van der Waals surface area contributed by atoms with E-state index in [9.17, 15) is 9.59 Å². The number of hydrogen-bond acceptors (Lipinski definition) is 3. The first kappa shape index (κ1) is 15.6. The average molecular weight is 297 g/mol. The molecular weight excluding hydrogens is 278 g/mol. The van der Waals surface area contributed by atoms with Gasteiger partial charge in [0.25, 0.3) is 5.91 Å². The molecule has 2 amide bonds. The number of primary amides is 1. The molecule has 0 unspecified atom stereocenters. The molecule has 22 heavy (non-hydrogen) atoms. The van der Waals surface area contributed by atoms with Gasteiger partial charge in [-0.2, -0.15) is 0 Å². The van der Waals surface area contributed by atoms with Gasteiger partial charge in [-0.3, -0.25) is 9.59 Å². The second-order valence-corrected chi connectivity index (χ2v) is 4.74. The molecule has 0 aliphatic heterocycles. The molecule has 0 fully saturated rings. The van der Waals surface area contributed by atoms with Crippen molar-refractivity contribution in [2.24, 2.45) is 5.73 Å². The maximum absolute atomic E-state index is 12.4. The normalized spacial score (nSPS) is 10.0. The third-order valence-electron chi connectivity index (χ3n) is 3.31. The molecule has 3 N–H and O–H groups in total. The molecule has 0 bridgehead atoms. The number of likely N-dealkylation sites (N-methyl/N-ethyl adjacent to an activating group) is 1. The summed E-state index contributed by atoms with van der Waals surface area (Å²) >= 11 is 0. The highest BCUT2D eigenvalue weighted by Crippen LogP contribution is 2.16. The predicted octanol–water partition coefficient (Wildman–Crippen LogP) is 2.25. The van der Waals surface area contributed by atoms with Crippen molar-refractivity contribution in [3.05, 3.63) is 60.2 Å². The van der Waals surface area contributed by atoms with E-state index in [1.54, 1.807) is 29.2 Å². The van der Waals surface area contributed by atoms with Crippen molar-refractivity contribution in [1.29, 1.82) is 0 Å². The van der Waals surface area contributed by atoms with Crippen molar-refractivity contribution < 1.29 is 9.59 Å². The smallest absolute Gasteiger partial charge is 0.250 e. The molecule has 2 aromatic carbocycles. The Labute approximate surface area is 129 Å². The van der Waals surface area contributed by atoms with Gasteiger partial charge in [-0.15, -0.1) is 0 Å². The highest BCUT2D eigenvalue weighted by molar-refractivity contribution is 6.00. The molecule has 0 atom stereocenters. The SMILES string of the molecule is CCN(C(=O)CNc1ccccc1C(N)=O)c1ccccc1. The predicted molar refractivity (Wildman–Crippen MR) is 87.9 cm³/mol. The third-order valence-corrected chi connectivity index (χ3v) is 3.31. The van der Waals surface area contributed by atoms with E-state index in [4.69, 9.17) is 5.73 Å². The Morgan fingerprint density at radius 3 is 2.32 bits per heavy atom. The molecule has 5 heteroatoms. The summed E-state index contributed by atoms with van der Waals surface area (Å²) in [5.41, 5.74) is 7.11. The molecule has 5 nitrogen and oxygen atoms in total. The van der Waals surface area contributed by atoms with E-state index in [1.165, 1.54) is 0 Å². The van der Waals surface area contributed by atoms with Gasteiger partial charge in [0.1, 0.15) is 0 Å². The number of carbonyl (C=O) groups excluding carboxylic acids is 2. The molecular formula is C17H19N3O2. The quantitative estimate of drug-likeness (QED) is 0.858. The van der Waals surface area contributed by atoms with Crippen molar-refractivity contribution in [2.45, 2.75) is 6.92 Å². The average Bonchev–Trinajstić information content (AvgIpc) is 2.55. The van der Waals surface area contributed by atoms with Crippen molar-refractivity contribution in [2.75, 3.05) is 23.3 Å². The zero-order valence-corrected chi connectivity index (χ0v) is 12.5. The maximum atomic E-state index is 12.4. The summed E-state index contributed by atoms with van der Waals surface area (Å²) < 4.78 is 0. The summed E-state index contributed by atoms with van der Waals surface area (Å²) in [7, 11) is 0. The Morgan fingerprint density at radius 2 is 1.68 bits per heavy atom. The fourth-order valence-electron chi connectivity index (χ4n) is 2.23. The maximum Gasteiger partial charge on any atom is 0.250 e. The van der Waals surface area contributed by atoms with E-state index in [-0.39, 0.29) is 12.5 Å². The molecule has 0 aliphatic carbocycles. The van der Waals surface area contributed by atoms with Crippen LogP contribution in [0.3, 0.4) is 0 Å². The summed E-state index contributed by atoms with van der Waals surface area (Å²) in [6, 6.07) is 16.3. The lowest BCUT2D eigenvalue weighted by atomic mass is 10.1. The van der Waals surface area contributed by atoms with Gasteiger partial charge in [-0.25, -0.2) is 0 Å². The molecule has 0 aliphatic rings. The van der Waals surface area contributed by atoms with Crippen LogP contribution in [0.4, 0.5) is 11.4 Å². The molecule has 0 spiro atoms. The molecule has 114 valence electrons. The fourth-order valence-corrected chi connectivity index (χ4v) is 2.23. The van der Waals surface area contributed by atoms with E-state index in [1.807, 2.05) is 37.3 Å². The van der Waals surface area contributed by atoms with Gasteiger partial charge in [0.15, 0.2) is 0 Å². The summed E-state index contributed by atoms with van der Waals surface area (Å²) in [5.74, 6) is -0.598. The number of hydrogen-bond donors (Lipinski definition) is 2. The van der Waals surface area contributed by atoms with Crippen LogP contribution in [0.1, 0.15) is 17.3 Å². The summed E-state index contributed by atoms with van der Waals surface area (Å²) in [6.45, 7) is 2.58. The minimum Gasteiger partial charge on any atom is -0.375 e. The van der Waals surface area contributed by atoms with Gasteiger partial charge in [-0.1, -0.05) is 30.3 Å². The number of anilines is 2. The number of nitrogens with two attached hydrogens (primary N) is 1.